The molecule has 8 nitrogen and oxygen atoms in total. The van der Waals surface area contributed by atoms with E-state index >= 15 is 0 Å². The molecule has 1 aromatic carbocycles. The number of fused-ring (bicyclic) bond motifs is 2. The maximum atomic E-state index is 14.5. The summed E-state index contributed by atoms with van der Waals surface area (Å²) in [4.78, 5) is 21.3. The zero-order valence-corrected chi connectivity index (χ0v) is 27.9. The Kier molecular flexibility index (Phi) is 8.47. The van der Waals surface area contributed by atoms with Gasteiger partial charge in [-0.05, 0) is 79.1 Å². The fourth-order valence-electron chi connectivity index (χ4n) is 6.36. The lowest BCUT2D eigenvalue weighted by atomic mass is 9.61. The first kappa shape index (κ1) is 33.4. The Morgan fingerprint density at radius 1 is 1.09 bits per heavy atom. The Hall–Kier alpha value is -3.46. The van der Waals surface area contributed by atoms with Crippen LogP contribution in [0.5, 0.6) is 0 Å². The minimum atomic E-state index is -4.68. The van der Waals surface area contributed by atoms with Crippen LogP contribution < -0.4 is 0 Å². The summed E-state index contributed by atoms with van der Waals surface area (Å²) in [5.74, 6) is -1.02. The molecule has 2 aliphatic rings. The first-order valence-corrected chi connectivity index (χ1v) is 17.4. The van der Waals surface area contributed by atoms with Crippen molar-refractivity contribution in [2.45, 2.75) is 63.6 Å². The first-order valence-electron chi connectivity index (χ1n) is 14.7. The Morgan fingerprint density at radius 2 is 1.81 bits per heavy atom. The SMILES string of the molecule is CC(C)(C)CN([C@H]1CCC2=Cc3c(cnn3-c3ccc(F)cc3)C[C@]2(C(=O)c2ncc(C(F)(F)F)s2)C1)S(=O)(=O)c1ccc(Cl)nc1. The van der Waals surface area contributed by atoms with E-state index in [1.54, 1.807) is 23.0 Å². The zero-order valence-electron chi connectivity index (χ0n) is 25.6. The van der Waals surface area contributed by atoms with Gasteiger partial charge in [-0.3, -0.25) is 4.79 Å². The Labute approximate surface area is 278 Å². The van der Waals surface area contributed by atoms with Crippen LogP contribution in [0.4, 0.5) is 17.6 Å². The quantitative estimate of drug-likeness (QED) is 0.111. The summed E-state index contributed by atoms with van der Waals surface area (Å²) < 4.78 is 85.8. The zero-order chi connectivity index (χ0) is 33.9. The number of Topliss-reactive ketones (excluding diaryl/α,β-unsaturated/α-hetero) is 1. The van der Waals surface area contributed by atoms with Crippen LogP contribution in [0.3, 0.4) is 0 Å². The molecule has 2 atom stereocenters. The van der Waals surface area contributed by atoms with Crippen LogP contribution >= 0.6 is 22.9 Å². The Balaban J connectivity index is 1.46. The third-order valence-electron chi connectivity index (χ3n) is 8.46. The average molecular weight is 708 g/mol. The average Bonchev–Trinajstić information content (AvgIpc) is 3.66. The summed E-state index contributed by atoms with van der Waals surface area (Å²) in [6.45, 7) is 5.80. The number of hydrogen-bond donors (Lipinski definition) is 0. The van der Waals surface area contributed by atoms with E-state index in [1.807, 2.05) is 26.8 Å². The number of allylic oxidation sites excluding steroid dienone is 1. The van der Waals surface area contributed by atoms with E-state index in [-0.39, 0.29) is 52.2 Å². The molecule has 0 spiro atoms. The second-order valence-corrected chi connectivity index (χ2v) is 16.4. The van der Waals surface area contributed by atoms with Crippen molar-refractivity contribution in [1.82, 2.24) is 24.1 Å². The lowest BCUT2D eigenvalue weighted by Gasteiger charge is -2.47. The number of benzene rings is 1. The minimum absolute atomic E-state index is 0.0100. The van der Waals surface area contributed by atoms with Gasteiger partial charge in [-0.2, -0.15) is 22.6 Å². The second kappa shape index (κ2) is 11.9. The monoisotopic (exact) mass is 707 g/mol. The smallest absolute Gasteiger partial charge is 0.290 e. The molecule has 3 aromatic heterocycles. The highest BCUT2D eigenvalue weighted by molar-refractivity contribution is 7.89. The number of alkyl halides is 3. The molecular weight excluding hydrogens is 678 g/mol. The highest BCUT2D eigenvalue weighted by atomic mass is 35.5. The van der Waals surface area contributed by atoms with Crippen molar-refractivity contribution in [1.29, 1.82) is 0 Å². The van der Waals surface area contributed by atoms with Crippen LogP contribution in [-0.2, 0) is 22.6 Å². The van der Waals surface area contributed by atoms with Crippen molar-refractivity contribution in [2.75, 3.05) is 6.54 Å². The van der Waals surface area contributed by atoms with Gasteiger partial charge in [-0.1, -0.05) is 37.9 Å². The summed E-state index contributed by atoms with van der Waals surface area (Å²) in [6, 6.07) is 7.82. The Bertz CT molecular complexity index is 1970. The molecule has 0 amide bonds. The number of pyridine rings is 1. The minimum Gasteiger partial charge on any atom is -0.290 e. The van der Waals surface area contributed by atoms with Crippen LogP contribution in [0, 0.1) is 16.6 Å². The number of thiazole rings is 1. The fourth-order valence-corrected chi connectivity index (χ4v) is 9.12. The molecule has 47 heavy (non-hydrogen) atoms. The highest BCUT2D eigenvalue weighted by Gasteiger charge is 2.53. The second-order valence-electron chi connectivity index (χ2n) is 13.1. The number of ketones is 1. The standard InChI is InChI=1S/C32H30ClF4N5O3S2/c1-30(2,3)18-41(47(44,45)24-10-11-27(33)38-16-24)23-7-4-20-12-25-19(15-40-42(25)22-8-5-21(34)6-9-22)13-31(20,14-23)28(43)29-39-17-26(46-29)32(35,36)37/h5-6,8-12,15-17,23H,4,7,13-14,18H2,1-3H3/t23-,31-/m0/s1. The van der Waals surface area contributed by atoms with Gasteiger partial charge in [-0.25, -0.2) is 27.5 Å². The molecule has 6 rings (SSSR count). The van der Waals surface area contributed by atoms with Crippen molar-refractivity contribution in [3.63, 3.8) is 0 Å². The first-order chi connectivity index (χ1) is 22.0. The molecule has 248 valence electrons. The molecule has 0 N–H and O–H groups in total. The van der Waals surface area contributed by atoms with Crippen molar-refractivity contribution >= 4 is 44.8 Å². The van der Waals surface area contributed by atoms with E-state index in [9.17, 15) is 30.8 Å². The number of halogens is 5. The van der Waals surface area contributed by atoms with Gasteiger partial charge in [-0.15, -0.1) is 11.3 Å². The van der Waals surface area contributed by atoms with Gasteiger partial charge in [0.1, 0.15) is 20.7 Å². The highest BCUT2D eigenvalue weighted by Crippen LogP contribution is 2.52. The number of nitrogens with zero attached hydrogens (tertiary/aromatic N) is 5. The molecule has 0 aliphatic heterocycles. The number of hydrogen-bond acceptors (Lipinski definition) is 7. The molecule has 0 radical (unpaired) electrons. The molecule has 0 unspecified atom stereocenters. The maximum absolute atomic E-state index is 14.5. The van der Waals surface area contributed by atoms with E-state index in [1.165, 1.54) is 34.8 Å². The fraction of sp³-hybridized carbons (Fsp3) is 0.375. The van der Waals surface area contributed by atoms with Gasteiger partial charge in [0.25, 0.3) is 0 Å². The van der Waals surface area contributed by atoms with E-state index in [2.05, 4.69) is 15.1 Å². The van der Waals surface area contributed by atoms with E-state index in [0.717, 1.165) is 0 Å². The number of rotatable bonds is 7. The molecule has 0 bridgehead atoms. The summed E-state index contributed by atoms with van der Waals surface area (Å²) in [5, 5.41) is 4.32. The molecule has 1 saturated carbocycles. The number of sulfonamides is 1. The van der Waals surface area contributed by atoms with E-state index in [0.29, 0.717) is 35.1 Å². The number of carbonyl (C=O) groups excluding carboxylic acids is 1. The van der Waals surface area contributed by atoms with Crippen molar-refractivity contribution in [3.05, 3.63) is 92.7 Å². The van der Waals surface area contributed by atoms with Crippen LogP contribution in [0.25, 0.3) is 11.8 Å². The molecule has 3 heterocycles. The summed E-state index contributed by atoms with van der Waals surface area (Å²) >= 11 is 6.22. The van der Waals surface area contributed by atoms with E-state index < -0.39 is 49.5 Å². The van der Waals surface area contributed by atoms with Gasteiger partial charge in [0, 0.05) is 18.8 Å². The third kappa shape index (κ3) is 6.40. The number of carbonyl (C=O) groups is 1. The predicted molar refractivity (Wildman–Crippen MR) is 169 cm³/mol. The lowest BCUT2D eigenvalue weighted by Crippen LogP contribution is -2.52. The van der Waals surface area contributed by atoms with Gasteiger partial charge in [0.2, 0.25) is 15.8 Å². The van der Waals surface area contributed by atoms with Crippen molar-refractivity contribution < 1.29 is 30.8 Å². The van der Waals surface area contributed by atoms with Crippen LogP contribution in [0.15, 0.2) is 65.5 Å². The molecular formula is C32H30ClF4N5O3S2. The van der Waals surface area contributed by atoms with E-state index in [4.69, 9.17) is 11.6 Å². The normalized spacial score (nSPS) is 20.1. The van der Waals surface area contributed by atoms with Crippen LogP contribution in [0.2, 0.25) is 5.15 Å². The molecule has 15 heteroatoms. The molecule has 2 aliphatic carbocycles. The summed E-state index contributed by atoms with van der Waals surface area (Å²) in [5.41, 5.74) is 0.664. The third-order valence-corrected chi connectivity index (χ3v) is 11.6. The van der Waals surface area contributed by atoms with Crippen LogP contribution in [-0.4, -0.2) is 50.8 Å². The molecule has 0 saturated heterocycles. The Morgan fingerprint density at radius 3 is 2.43 bits per heavy atom. The van der Waals surface area contributed by atoms with Gasteiger partial charge >= 0.3 is 6.18 Å². The predicted octanol–water partition coefficient (Wildman–Crippen LogP) is 7.63. The van der Waals surface area contributed by atoms with Crippen molar-refractivity contribution in [3.8, 4) is 5.69 Å². The molecule has 1 fully saturated rings. The van der Waals surface area contributed by atoms with Gasteiger partial charge < -0.3 is 0 Å². The molecule has 4 aromatic rings. The van der Waals surface area contributed by atoms with Crippen molar-refractivity contribution in [2.24, 2.45) is 10.8 Å². The van der Waals surface area contributed by atoms with Gasteiger partial charge in [0.05, 0.1) is 29.2 Å². The largest absolute Gasteiger partial charge is 0.427 e. The topological polar surface area (TPSA) is 98.0 Å². The maximum Gasteiger partial charge on any atom is 0.427 e. The van der Waals surface area contributed by atoms with Crippen LogP contribution in [0.1, 0.15) is 66.0 Å². The van der Waals surface area contributed by atoms with Gasteiger partial charge in [0.15, 0.2) is 5.01 Å². The summed E-state index contributed by atoms with van der Waals surface area (Å²) in [7, 11) is -4.14. The summed E-state index contributed by atoms with van der Waals surface area (Å²) in [6.07, 6.45) is 1.27. The lowest BCUT2D eigenvalue weighted by molar-refractivity contribution is -0.134. The number of aromatic nitrogens is 4.